The number of anilines is 1. The van der Waals surface area contributed by atoms with Crippen molar-refractivity contribution in [3.8, 4) is 0 Å². The van der Waals surface area contributed by atoms with Gasteiger partial charge in [0.05, 0.1) is 17.1 Å². The van der Waals surface area contributed by atoms with E-state index in [1.165, 1.54) is 9.13 Å². The Bertz CT molecular complexity index is 688. The standard InChI is InChI=1S/C13H12IN3S/c1-8(9-4-5-18-7-9)17-12-3-2-10(14)6-11(12)16-13(17)15/h2-8H,1H3,(H2,15,16). The van der Waals surface area contributed by atoms with Crippen LogP contribution in [0.4, 0.5) is 5.95 Å². The lowest BCUT2D eigenvalue weighted by atomic mass is 10.2. The number of hydrogen-bond acceptors (Lipinski definition) is 3. The number of aromatic nitrogens is 2. The van der Waals surface area contributed by atoms with E-state index >= 15 is 0 Å². The molecule has 5 heteroatoms. The molecule has 3 nitrogen and oxygen atoms in total. The Balaban J connectivity index is 2.19. The molecule has 1 atom stereocenters. The van der Waals surface area contributed by atoms with Gasteiger partial charge in [-0.3, -0.25) is 0 Å². The summed E-state index contributed by atoms with van der Waals surface area (Å²) in [7, 11) is 0. The molecule has 2 heterocycles. The summed E-state index contributed by atoms with van der Waals surface area (Å²) in [5, 5.41) is 4.24. The van der Waals surface area contributed by atoms with Gasteiger partial charge in [0.2, 0.25) is 5.95 Å². The molecule has 0 saturated heterocycles. The van der Waals surface area contributed by atoms with E-state index in [1.54, 1.807) is 11.3 Å². The molecule has 2 aromatic heterocycles. The van der Waals surface area contributed by atoms with Gasteiger partial charge in [-0.2, -0.15) is 11.3 Å². The van der Waals surface area contributed by atoms with Crippen LogP contribution >= 0.6 is 33.9 Å². The van der Waals surface area contributed by atoms with Crippen LogP contribution in [0.3, 0.4) is 0 Å². The maximum absolute atomic E-state index is 6.06. The van der Waals surface area contributed by atoms with Gasteiger partial charge in [0, 0.05) is 3.57 Å². The summed E-state index contributed by atoms with van der Waals surface area (Å²) in [5.74, 6) is 0.575. The van der Waals surface area contributed by atoms with Gasteiger partial charge in [-0.15, -0.1) is 0 Å². The second kappa shape index (κ2) is 4.55. The number of fused-ring (bicyclic) bond motifs is 1. The van der Waals surface area contributed by atoms with Crippen LogP contribution in [0.25, 0.3) is 11.0 Å². The van der Waals surface area contributed by atoms with Gasteiger partial charge in [-0.05, 0) is 70.1 Å². The van der Waals surface area contributed by atoms with Gasteiger partial charge < -0.3 is 10.3 Å². The summed E-state index contributed by atoms with van der Waals surface area (Å²) in [6, 6.07) is 8.57. The average molecular weight is 369 g/mol. The van der Waals surface area contributed by atoms with Gasteiger partial charge in [0.1, 0.15) is 0 Å². The van der Waals surface area contributed by atoms with Gasteiger partial charge in [0.15, 0.2) is 0 Å². The summed E-state index contributed by atoms with van der Waals surface area (Å²) in [6.07, 6.45) is 0. The summed E-state index contributed by atoms with van der Waals surface area (Å²) in [4.78, 5) is 4.44. The van der Waals surface area contributed by atoms with Crippen LogP contribution in [0.15, 0.2) is 35.0 Å². The van der Waals surface area contributed by atoms with Crippen LogP contribution in [0.1, 0.15) is 18.5 Å². The summed E-state index contributed by atoms with van der Waals surface area (Å²) in [5.41, 5.74) is 9.38. The van der Waals surface area contributed by atoms with Gasteiger partial charge in [0.25, 0.3) is 0 Å². The van der Waals surface area contributed by atoms with E-state index in [-0.39, 0.29) is 6.04 Å². The van der Waals surface area contributed by atoms with Crippen LogP contribution in [-0.4, -0.2) is 9.55 Å². The molecule has 0 amide bonds. The topological polar surface area (TPSA) is 43.8 Å². The number of halogens is 1. The van der Waals surface area contributed by atoms with Crippen molar-refractivity contribution < 1.29 is 0 Å². The molecular weight excluding hydrogens is 357 g/mol. The minimum atomic E-state index is 0.210. The number of benzene rings is 1. The van der Waals surface area contributed by atoms with Crippen LogP contribution in [0.2, 0.25) is 0 Å². The number of hydrogen-bond donors (Lipinski definition) is 1. The van der Waals surface area contributed by atoms with Crippen molar-refractivity contribution in [2.24, 2.45) is 0 Å². The van der Waals surface area contributed by atoms with Crippen LogP contribution in [-0.2, 0) is 0 Å². The van der Waals surface area contributed by atoms with E-state index in [0.29, 0.717) is 5.95 Å². The smallest absolute Gasteiger partial charge is 0.201 e. The molecule has 0 aliphatic carbocycles. The summed E-state index contributed by atoms with van der Waals surface area (Å²) >= 11 is 3.99. The molecule has 0 saturated carbocycles. The Kier molecular flexibility index (Phi) is 3.03. The van der Waals surface area contributed by atoms with E-state index in [2.05, 4.69) is 74.1 Å². The summed E-state index contributed by atoms with van der Waals surface area (Å²) in [6.45, 7) is 2.15. The van der Waals surface area contributed by atoms with E-state index in [1.807, 2.05) is 0 Å². The van der Waals surface area contributed by atoms with Crippen LogP contribution < -0.4 is 5.73 Å². The molecule has 0 radical (unpaired) electrons. The molecular formula is C13H12IN3S. The van der Waals surface area contributed by atoms with Crippen molar-refractivity contribution in [2.75, 3.05) is 5.73 Å². The number of nitrogen functional groups attached to an aromatic ring is 1. The third-order valence-electron chi connectivity index (χ3n) is 3.09. The molecule has 1 aromatic carbocycles. The zero-order valence-corrected chi connectivity index (χ0v) is 12.8. The molecule has 0 fully saturated rings. The van der Waals surface area contributed by atoms with Gasteiger partial charge >= 0.3 is 0 Å². The highest BCUT2D eigenvalue weighted by Crippen LogP contribution is 2.28. The molecule has 1 unspecified atom stereocenters. The first-order chi connectivity index (χ1) is 8.66. The number of imidazole rings is 1. The Hall–Kier alpha value is -1.08. The van der Waals surface area contributed by atoms with Crippen molar-refractivity contribution in [2.45, 2.75) is 13.0 Å². The van der Waals surface area contributed by atoms with Gasteiger partial charge in [-0.25, -0.2) is 4.98 Å². The number of rotatable bonds is 2. The maximum Gasteiger partial charge on any atom is 0.201 e. The van der Waals surface area contributed by atoms with Crippen LogP contribution in [0.5, 0.6) is 0 Å². The normalized spacial score (nSPS) is 13.0. The highest BCUT2D eigenvalue weighted by Gasteiger charge is 2.15. The first-order valence-corrected chi connectivity index (χ1v) is 7.64. The van der Waals surface area contributed by atoms with Crippen molar-refractivity contribution in [3.63, 3.8) is 0 Å². The Morgan fingerprint density at radius 1 is 1.39 bits per heavy atom. The van der Waals surface area contributed by atoms with Gasteiger partial charge in [-0.1, -0.05) is 0 Å². The van der Waals surface area contributed by atoms with E-state index in [4.69, 9.17) is 5.73 Å². The fourth-order valence-electron chi connectivity index (χ4n) is 2.16. The van der Waals surface area contributed by atoms with E-state index in [0.717, 1.165) is 11.0 Å². The highest BCUT2D eigenvalue weighted by molar-refractivity contribution is 14.1. The Morgan fingerprint density at radius 2 is 2.22 bits per heavy atom. The molecule has 0 spiro atoms. The molecule has 18 heavy (non-hydrogen) atoms. The molecule has 0 bridgehead atoms. The third-order valence-corrected chi connectivity index (χ3v) is 4.46. The maximum atomic E-state index is 6.06. The zero-order chi connectivity index (χ0) is 12.7. The lowest BCUT2D eigenvalue weighted by Crippen LogP contribution is -2.09. The van der Waals surface area contributed by atoms with E-state index < -0.39 is 0 Å². The fraction of sp³-hybridized carbons (Fsp3) is 0.154. The minimum absolute atomic E-state index is 0.210. The van der Waals surface area contributed by atoms with Crippen molar-refractivity contribution in [1.29, 1.82) is 0 Å². The molecule has 92 valence electrons. The molecule has 3 aromatic rings. The largest absolute Gasteiger partial charge is 0.369 e. The lowest BCUT2D eigenvalue weighted by Gasteiger charge is -2.14. The molecule has 0 aliphatic heterocycles. The highest BCUT2D eigenvalue weighted by atomic mass is 127. The molecule has 3 rings (SSSR count). The summed E-state index contributed by atoms with van der Waals surface area (Å²) < 4.78 is 3.26. The number of nitrogens with zero attached hydrogens (tertiary/aromatic N) is 2. The second-order valence-corrected chi connectivity index (χ2v) is 6.23. The lowest BCUT2D eigenvalue weighted by molar-refractivity contribution is 0.670. The van der Waals surface area contributed by atoms with E-state index in [9.17, 15) is 0 Å². The van der Waals surface area contributed by atoms with Crippen LogP contribution in [0, 0.1) is 3.57 Å². The average Bonchev–Trinajstić information content (AvgIpc) is 2.94. The minimum Gasteiger partial charge on any atom is -0.369 e. The monoisotopic (exact) mass is 369 g/mol. The second-order valence-electron chi connectivity index (χ2n) is 4.21. The van der Waals surface area contributed by atoms with Crippen molar-refractivity contribution in [3.05, 3.63) is 44.2 Å². The first kappa shape index (κ1) is 12.0. The number of nitrogens with two attached hydrogens (primary N) is 1. The molecule has 2 N–H and O–H groups in total. The quantitative estimate of drug-likeness (QED) is 0.697. The van der Waals surface area contributed by atoms with Crippen molar-refractivity contribution in [1.82, 2.24) is 9.55 Å². The van der Waals surface area contributed by atoms with Crippen molar-refractivity contribution >= 4 is 50.9 Å². The first-order valence-electron chi connectivity index (χ1n) is 5.62. The molecule has 0 aliphatic rings. The Morgan fingerprint density at radius 3 is 2.94 bits per heavy atom. The zero-order valence-electron chi connectivity index (χ0n) is 9.80. The SMILES string of the molecule is CC(c1ccsc1)n1c(N)nc2cc(I)ccc21. The fourth-order valence-corrected chi connectivity index (χ4v) is 3.38. The predicted molar refractivity (Wildman–Crippen MR) is 85.0 cm³/mol. The predicted octanol–water partition coefficient (Wildman–Crippen LogP) is 3.89. The Labute approximate surface area is 123 Å². The third kappa shape index (κ3) is 1.91. The number of thiophene rings is 1.